The molecule has 0 amide bonds. The van der Waals surface area contributed by atoms with Crippen LogP contribution >= 0.6 is 0 Å². The van der Waals surface area contributed by atoms with E-state index in [4.69, 9.17) is 0 Å². The summed E-state index contributed by atoms with van der Waals surface area (Å²) >= 11 is 0. The molecule has 0 aliphatic heterocycles. The minimum Gasteiger partial charge on any atom is -0.0690 e. The van der Waals surface area contributed by atoms with Crippen molar-refractivity contribution in [3.05, 3.63) is 23.1 Å². The topological polar surface area (TPSA) is 0 Å². The van der Waals surface area contributed by atoms with Gasteiger partial charge >= 0.3 is 0 Å². The second-order valence-corrected chi connectivity index (χ2v) is 1.10. The van der Waals surface area contributed by atoms with Crippen LogP contribution in [0.3, 0.4) is 0 Å². The summed E-state index contributed by atoms with van der Waals surface area (Å²) in [5.74, 6) is 0. The average Bonchev–Trinajstić information content (AvgIpc) is 1.30. The van der Waals surface area contributed by atoms with Crippen LogP contribution in [0.1, 0.15) is 6.92 Å². The summed E-state index contributed by atoms with van der Waals surface area (Å²) in [5.41, 5.74) is 6.77. The number of hydrogen-bond acceptors (Lipinski definition) is 0. The molecule has 0 nitrogen and oxygen atoms in total. The lowest BCUT2D eigenvalue weighted by atomic mass is 10.2. The van der Waals surface area contributed by atoms with Crippen LogP contribution in [0.25, 0.3) is 0 Å². The summed E-state index contributed by atoms with van der Waals surface area (Å²) in [7, 11) is 0. The third-order valence-electron chi connectivity index (χ3n) is 0.558. The first-order valence-corrected chi connectivity index (χ1v) is 1.58. The van der Waals surface area contributed by atoms with Crippen LogP contribution in [-0.2, 0) is 0 Å². The summed E-state index contributed by atoms with van der Waals surface area (Å²) in [6.07, 6.45) is 1.90. The van der Waals surface area contributed by atoms with Crippen LogP contribution in [-0.4, -0.2) is 0 Å². The van der Waals surface area contributed by atoms with E-state index in [1.165, 1.54) is 5.57 Å². The number of allylic oxidation sites excluding steroid dienone is 2. The Bertz CT molecular complexity index is 128. The van der Waals surface area contributed by atoms with Gasteiger partial charge in [-0.25, -0.2) is 0 Å². The minimum absolute atomic E-state index is 1.20. The van der Waals surface area contributed by atoms with Crippen molar-refractivity contribution in [1.82, 2.24) is 0 Å². The fraction of sp³-hybridized carbons (Fsp3) is 0.200. The van der Waals surface area contributed by atoms with E-state index in [2.05, 4.69) is 11.5 Å². The highest BCUT2D eigenvalue weighted by Gasteiger charge is 1.76. The molecule has 0 fully saturated rings. The molecule has 0 N–H and O–H groups in total. The van der Waals surface area contributed by atoms with Gasteiger partial charge in [-0.15, -0.1) is 0 Å². The summed E-state index contributed by atoms with van der Waals surface area (Å²) in [5, 5.41) is 0. The molecule has 0 saturated heterocycles. The van der Waals surface area contributed by atoms with Crippen molar-refractivity contribution < 1.29 is 0 Å². The highest BCUT2D eigenvalue weighted by atomic mass is 13.8. The highest BCUT2D eigenvalue weighted by Crippen LogP contribution is 1.94. The second kappa shape index (κ2) is 0.621. The molecule has 24 valence electrons. The van der Waals surface area contributed by atoms with Gasteiger partial charge in [-0.2, -0.15) is 0 Å². The maximum Gasteiger partial charge on any atom is 0.00763 e. The molecule has 0 radical (unpaired) electrons. The lowest BCUT2D eigenvalue weighted by molar-refractivity contribution is 1.51. The predicted molar refractivity (Wildman–Crippen MR) is 20.8 cm³/mol. The zero-order valence-electron chi connectivity index (χ0n) is 3.08. The monoisotopic (exact) mass is 64.0 g/mol. The van der Waals surface area contributed by atoms with Crippen molar-refractivity contribution in [3.63, 3.8) is 0 Å². The molecule has 0 aromatic carbocycles. The van der Waals surface area contributed by atoms with Crippen molar-refractivity contribution in [2.24, 2.45) is 0 Å². The lowest BCUT2D eigenvalue weighted by Gasteiger charge is -1.80. The molecule has 1 aliphatic carbocycles. The van der Waals surface area contributed by atoms with Gasteiger partial charge in [0.1, 0.15) is 0 Å². The van der Waals surface area contributed by atoms with E-state index in [9.17, 15) is 0 Å². The Balaban J connectivity index is 3.13. The van der Waals surface area contributed by atoms with E-state index in [1.54, 1.807) is 0 Å². The average molecular weight is 64.1 g/mol. The van der Waals surface area contributed by atoms with Crippen LogP contribution in [0.15, 0.2) is 23.1 Å². The maximum atomic E-state index is 2.82. The molecule has 0 unspecified atom stereocenters. The van der Waals surface area contributed by atoms with Crippen molar-refractivity contribution in [3.8, 4) is 0 Å². The Kier molecular flexibility index (Phi) is 0.315. The molecular weight excluding hydrogens is 60.1 g/mol. The quantitative estimate of drug-likeness (QED) is 0.372. The van der Waals surface area contributed by atoms with Gasteiger partial charge in [-0.05, 0) is 13.0 Å². The highest BCUT2D eigenvalue weighted by molar-refractivity contribution is 5.22. The third-order valence-corrected chi connectivity index (χ3v) is 0.558. The first-order valence-electron chi connectivity index (χ1n) is 1.58. The summed E-state index contributed by atoms with van der Waals surface area (Å²) in [4.78, 5) is 0. The molecule has 0 atom stereocenters. The van der Waals surface area contributed by atoms with E-state index in [0.29, 0.717) is 0 Å². The zero-order chi connectivity index (χ0) is 3.70. The van der Waals surface area contributed by atoms with Crippen molar-refractivity contribution >= 4 is 0 Å². The molecule has 1 rings (SSSR count). The van der Waals surface area contributed by atoms with Crippen LogP contribution < -0.4 is 0 Å². The van der Waals surface area contributed by atoms with Gasteiger partial charge in [0.15, 0.2) is 0 Å². The molecule has 5 heavy (non-hydrogen) atoms. The lowest BCUT2D eigenvalue weighted by Crippen LogP contribution is -1.63. The first kappa shape index (κ1) is 2.53. The van der Waals surface area contributed by atoms with Gasteiger partial charge in [0.2, 0.25) is 0 Å². The van der Waals surface area contributed by atoms with Crippen LogP contribution in [0.5, 0.6) is 0 Å². The number of hydrogen-bond donors (Lipinski definition) is 0. The molecular formula is C5H4. The molecule has 0 heteroatoms. The van der Waals surface area contributed by atoms with E-state index < -0.39 is 0 Å². The fourth-order valence-corrected chi connectivity index (χ4v) is 0.217. The molecule has 1 aliphatic rings. The smallest absolute Gasteiger partial charge is 0.00763 e. The zero-order valence-corrected chi connectivity index (χ0v) is 3.08. The molecule has 0 heterocycles. The first-order chi connectivity index (χ1) is 2.39. The van der Waals surface area contributed by atoms with Gasteiger partial charge in [0.05, 0.1) is 0 Å². The Hall–Kier alpha value is -0.700. The Morgan fingerprint density at radius 1 is 1.80 bits per heavy atom. The van der Waals surface area contributed by atoms with Gasteiger partial charge in [-0.1, -0.05) is 11.5 Å². The standard InChI is InChI=1S/C5H4/c1-5-3-2-4-5/h3H,1H3. The van der Waals surface area contributed by atoms with Gasteiger partial charge in [-0.3, -0.25) is 0 Å². The molecule has 0 spiro atoms. The normalized spacial score (nSPS) is 14.2. The summed E-state index contributed by atoms with van der Waals surface area (Å²) in [6.45, 7) is 2.00. The third kappa shape index (κ3) is 0.199. The Morgan fingerprint density at radius 2 is 2.20 bits per heavy atom. The largest absolute Gasteiger partial charge is 0.0690 e. The molecule has 0 aromatic heterocycles. The minimum atomic E-state index is 1.20. The van der Waals surface area contributed by atoms with Gasteiger partial charge in [0.25, 0.3) is 0 Å². The van der Waals surface area contributed by atoms with Crippen LogP contribution in [0.2, 0.25) is 0 Å². The van der Waals surface area contributed by atoms with E-state index in [-0.39, 0.29) is 0 Å². The summed E-state index contributed by atoms with van der Waals surface area (Å²) in [6, 6.07) is 0. The van der Waals surface area contributed by atoms with Crippen molar-refractivity contribution in [1.29, 1.82) is 0 Å². The maximum absolute atomic E-state index is 2.82. The van der Waals surface area contributed by atoms with Crippen molar-refractivity contribution in [2.45, 2.75) is 6.92 Å². The number of rotatable bonds is 0. The summed E-state index contributed by atoms with van der Waals surface area (Å²) < 4.78 is 0. The second-order valence-electron chi connectivity index (χ2n) is 1.10. The fourth-order valence-electron chi connectivity index (χ4n) is 0.217. The molecule has 0 aromatic rings. The predicted octanol–water partition coefficient (Wildman–Crippen LogP) is 1.26. The van der Waals surface area contributed by atoms with Gasteiger partial charge in [0, 0.05) is 5.57 Å². The van der Waals surface area contributed by atoms with Crippen LogP contribution in [0, 0.1) is 0 Å². The van der Waals surface area contributed by atoms with E-state index in [0.717, 1.165) is 0 Å². The van der Waals surface area contributed by atoms with Crippen LogP contribution in [0.4, 0.5) is 0 Å². The van der Waals surface area contributed by atoms with Gasteiger partial charge < -0.3 is 0 Å². The molecule has 0 bridgehead atoms. The molecule has 0 saturated carbocycles. The van der Waals surface area contributed by atoms with Crippen molar-refractivity contribution in [2.75, 3.05) is 0 Å². The Morgan fingerprint density at radius 3 is 2.20 bits per heavy atom. The Labute approximate surface area is 31.1 Å². The van der Waals surface area contributed by atoms with E-state index >= 15 is 0 Å². The van der Waals surface area contributed by atoms with E-state index in [1.807, 2.05) is 13.0 Å². The SMILES string of the molecule is CC1=C=C=C1.